The lowest BCUT2D eigenvalue weighted by Crippen LogP contribution is -2.26. The maximum Gasteiger partial charge on any atom is 0.0236 e. The van der Waals surface area contributed by atoms with Crippen molar-refractivity contribution in [2.75, 3.05) is 19.6 Å². The first kappa shape index (κ1) is 16.5. The van der Waals surface area contributed by atoms with Crippen LogP contribution in [0.3, 0.4) is 0 Å². The van der Waals surface area contributed by atoms with Crippen molar-refractivity contribution in [3.63, 3.8) is 0 Å². The molecule has 1 aromatic carbocycles. The normalized spacial score (nSPS) is 19.5. The van der Waals surface area contributed by atoms with Gasteiger partial charge in [-0.1, -0.05) is 51.5 Å². The Morgan fingerprint density at radius 2 is 2.00 bits per heavy atom. The van der Waals surface area contributed by atoms with Crippen LogP contribution in [-0.2, 0) is 13.0 Å². The summed E-state index contributed by atoms with van der Waals surface area (Å²) >= 11 is 0. The van der Waals surface area contributed by atoms with Crippen molar-refractivity contribution in [3.05, 3.63) is 35.4 Å². The molecule has 118 valence electrons. The lowest BCUT2D eigenvalue weighted by Gasteiger charge is -2.19. The van der Waals surface area contributed by atoms with E-state index >= 15 is 0 Å². The average Bonchev–Trinajstić information content (AvgIpc) is 2.88. The highest BCUT2D eigenvalue weighted by Crippen LogP contribution is 2.23. The Hall–Kier alpha value is -0.860. The van der Waals surface area contributed by atoms with Gasteiger partial charge < -0.3 is 5.32 Å². The van der Waals surface area contributed by atoms with Gasteiger partial charge in [0.1, 0.15) is 0 Å². The van der Waals surface area contributed by atoms with Crippen LogP contribution in [0.2, 0.25) is 0 Å². The van der Waals surface area contributed by atoms with Crippen molar-refractivity contribution in [1.82, 2.24) is 10.2 Å². The van der Waals surface area contributed by atoms with Gasteiger partial charge in [-0.3, -0.25) is 4.90 Å². The van der Waals surface area contributed by atoms with Gasteiger partial charge in [0.05, 0.1) is 0 Å². The summed E-state index contributed by atoms with van der Waals surface area (Å²) in [5.41, 5.74) is 3.05. The van der Waals surface area contributed by atoms with Gasteiger partial charge in [-0.25, -0.2) is 0 Å². The van der Waals surface area contributed by atoms with E-state index in [2.05, 4.69) is 55.3 Å². The molecule has 1 atom stereocenters. The van der Waals surface area contributed by atoms with Gasteiger partial charge in [0, 0.05) is 19.1 Å². The fraction of sp³-hybridized carbons (Fsp3) is 0.684. The maximum absolute atomic E-state index is 3.53. The molecule has 2 nitrogen and oxygen atoms in total. The summed E-state index contributed by atoms with van der Waals surface area (Å²) in [6.45, 7) is 11.5. The third kappa shape index (κ3) is 5.44. The minimum absolute atomic E-state index is 0.575. The van der Waals surface area contributed by atoms with E-state index in [1.165, 1.54) is 43.5 Å². The van der Waals surface area contributed by atoms with Crippen molar-refractivity contribution in [2.24, 2.45) is 5.92 Å². The van der Waals surface area contributed by atoms with E-state index in [0.717, 1.165) is 25.4 Å². The number of nitrogens with one attached hydrogen (secondary N) is 1. The molecule has 1 fully saturated rings. The molecule has 1 aliphatic heterocycles. The quantitative estimate of drug-likeness (QED) is 0.781. The van der Waals surface area contributed by atoms with Crippen molar-refractivity contribution in [1.29, 1.82) is 0 Å². The highest BCUT2D eigenvalue weighted by molar-refractivity contribution is 5.27. The number of nitrogens with zero attached hydrogens (tertiary/aromatic N) is 1. The van der Waals surface area contributed by atoms with Crippen molar-refractivity contribution >= 4 is 0 Å². The number of benzene rings is 1. The van der Waals surface area contributed by atoms with Crippen LogP contribution in [0.15, 0.2) is 24.3 Å². The Kier molecular flexibility index (Phi) is 6.72. The molecule has 1 saturated heterocycles. The summed E-state index contributed by atoms with van der Waals surface area (Å²) in [7, 11) is 0. The molecule has 0 aromatic heterocycles. The second kappa shape index (κ2) is 8.55. The van der Waals surface area contributed by atoms with E-state index in [0.29, 0.717) is 6.04 Å². The van der Waals surface area contributed by atoms with Gasteiger partial charge in [0.25, 0.3) is 0 Å². The smallest absolute Gasteiger partial charge is 0.0236 e. The fourth-order valence-corrected chi connectivity index (χ4v) is 3.39. The van der Waals surface area contributed by atoms with Gasteiger partial charge in [-0.2, -0.15) is 0 Å². The molecule has 1 aromatic rings. The molecular formula is C19H32N2. The van der Waals surface area contributed by atoms with Crippen LogP contribution in [0.1, 0.15) is 51.2 Å². The summed E-state index contributed by atoms with van der Waals surface area (Å²) in [6, 6.07) is 9.56. The van der Waals surface area contributed by atoms with Gasteiger partial charge >= 0.3 is 0 Å². The lowest BCUT2D eigenvalue weighted by atomic mass is 10.0. The highest BCUT2D eigenvalue weighted by Gasteiger charge is 2.21. The van der Waals surface area contributed by atoms with E-state index in [1.54, 1.807) is 0 Å². The average molecular weight is 288 g/mol. The molecule has 1 heterocycles. The van der Waals surface area contributed by atoms with E-state index in [1.807, 2.05) is 0 Å². The minimum Gasteiger partial charge on any atom is -0.314 e. The van der Waals surface area contributed by atoms with Crippen LogP contribution < -0.4 is 5.32 Å². The molecule has 1 N–H and O–H groups in total. The molecule has 0 aliphatic carbocycles. The summed E-state index contributed by atoms with van der Waals surface area (Å²) in [5, 5.41) is 3.53. The second-order valence-electron chi connectivity index (χ2n) is 6.81. The van der Waals surface area contributed by atoms with Crippen molar-refractivity contribution < 1.29 is 0 Å². The van der Waals surface area contributed by atoms with Crippen LogP contribution in [-0.4, -0.2) is 30.6 Å². The van der Waals surface area contributed by atoms with Crippen molar-refractivity contribution in [2.45, 2.75) is 59.0 Å². The molecule has 0 spiro atoms. The van der Waals surface area contributed by atoms with Gasteiger partial charge in [0.2, 0.25) is 0 Å². The first-order chi connectivity index (χ1) is 10.2. The zero-order valence-corrected chi connectivity index (χ0v) is 14.1. The van der Waals surface area contributed by atoms with E-state index < -0.39 is 0 Å². The van der Waals surface area contributed by atoms with Crippen LogP contribution >= 0.6 is 0 Å². The molecule has 1 aliphatic rings. The van der Waals surface area contributed by atoms with Crippen LogP contribution in [0.4, 0.5) is 0 Å². The molecule has 21 heavy (non-hydrogen) atoms. The van der Waals surface area contributed by atoms with Gasteiger partial charge in [-0.05, 0) is 49.4 Å². The lowest BCUT2D eigenvalue weighted by molar-refractivity contribution is 0.312. The third-order valence-electron chi connectivity index (χ3n) is 4.53. The zero-order valence-electron chi connectivity index (χ0n) is 14.1. The van der Waals surface area contributed by atoms with Crippen LogP contribution in [0.25, 0.3) is 0 Å². The minimum atomic E-state index is 0.575. The van der Waals surface area contributed by atoms with Crippen LogP contribution in [0.5, 0.6) is 0 Å². The van der Waals surface area contributed by atoms with Gasteiger partial charge in [0.15, 0.2) is 0 Å². The van der Waals surface area contributed by atoms with Gasteiger partial charge in [-0.15, -0.1) is 0 Å². The Balaban J connectivity index is 1.88. The molecule has 2 heteroatoms. The number of rotatable bonds is 8. The number of hydrogen-bond donors (Lipinski definition) is 1. The Bertz CT molecular complexity index is 414. The molecular weight excluding hydrogens is 256 g/mol. The molecule has 0 bridgehead atoms. The third-order valence-corrected chi connectivity index (χ3v) is 4.53. The fourth-order valence-electron chi connectivity index (χ4n) is 3.39. The monoisotopic (exact) mass is 288 g/mol. The Labute approximate surface area is 130 Å². The summed E-state index contributed by atoms with van der Waals surface area (Å²) in [4.78, 5) is 2.65. The molecule has 0 amide bonds. The SMILES string of the molecule is CCCC1CCN(Cc2ccccc2CCNC(C)C)C1. The Morgan fingerprint density at radius 1 is 1.24 bits per heavy atom. The van der Waals surface area contributed by atoms with Crippen LogP contribution in [0, 0.1) is 5.92 Å². The van der Waals surface area contributed by atoms with E-state index in [9.17, 15) is 0 Å². The standard InChI is InChI=1S/C19H32N2/c1-4-7-17-11-13-21(14-17)15-19-9-6-5-8-18(19)10-12-20-16(2)3/h5-6,8-9,16-17,20H,4,7,10-15H2,1-3H3. The second-order valence-corrected chi connectivity index (χ2v) is 6.81. The van der Waals surface area contributed by atoms with Crippen molar-refractivity contribution in [3.8, 4) is 0 Å². The van der Waals surface area contributed by atoms with E-state index in [4.69, 9.17) is 0 Å². The molecule has 0 radical (unpaired) electrons. The first-order valence-corrected chi connectivity index (χ1v) is 8.71. The van der Waals surface area contributed by atoms with E-state index in [-0.39, 0.29) is 0 Å². The predicted molar refractivity (Wildman–Crippen MR) is 91.6 cm³/mol. The molecule has 2 rings (SSSR count). The molecule has 1 unspecified atom stereocenters. The summed E-state index contributed by atoms with van der Waals surface area (Å²) in [5.74, 6) is 0.935. The Morgan fingerprint density at radius 3 is 2.71 bits per heavy atom. The topological polar surface area (TPSA) is 15.3 Å². The number of likely N-dealkylation sites (tertiary alicyclic amines) is 1. The summed E-state index contributed by atoms with van der Waals surface area (Å²) < 4.78 is 0. The highest BCUT2D eigenvalue weighted by atomic mass is 15.1. The largest absolute Gasteiger partial charge is 0.314 e. The predicted octanol–water partition coefficient (Wildman–Crippen LogP) is 3.85. The summed E-state index contributed by atoms with van der Waals surface area (Å²) in [6.07, 6.45) is 5.26. The maximum atomic E-state index is 3.53. The zero-order chi connectivity index (χ0) is 15.1. The molecule has 0 saturated carbocycles. The first-order valence-electron chi connectivity index (χ1n) is 8.71. The number of hydrogen-bond acceptors (Lipinski definition) is 2.